The highest BCUT2D eigenvalue weighted by atomic mass is 79.9. The molecule has 13 heavy (non-hydrogen) atoms. The summed E-state index contributed by atoms with van der Waals surface area (Å²) in [6.07, 6.45) is 1.36. The number of pyridine rings is 1. The Bertz CT molecular complexity index is 332. The van der Waals surface area contributed by atoms with Crippen molar-refractivity contribution < 1.29 is 9.63 Å². The molecular formula is C7H6BrClN2O2. The Morgan fingerprint density at radius 2 is 2.46 bits per heavy atom. The Hall–Kier alpha value is -0.650. The number of carbonyl (C=O) groups is 1. The van der Waals surface area contributed by atoms with E-state index in [0.29, 0.717) is 15.2 Å². The summed E-state index contributed by atoms with van der Waals surface area (Å²) in [5, 5.41) is 0.314. The molecule has 0 aromatic carbocycles. The van der Waals surface area contributed by atoms with Crippen LogP contribution in [0.15, 0.2) is 16.7 Å². The molecule has 0 aliphatic carbocycles. The number of nitrogens with zero attached hydrogens (tertiary/aromatic N) is 1. The first kappa shape index (κ1) is 10.4. The first-order chi connectivity index (χ1) is 6.15. The zero-order valence-electron chi connectivity index (χ0n) is 6.67. The Morgan fingerprint density at radius 1 is 1.77 bits per heavy atom. The van der Waals surface area contributed by atoms with E-state index in [1.807, 2.05) is 0 Å². The number of rotatable bonds is 2. The number of carbonyl (C=O) groups excluding carboxylic acids is 1. The average molecular weight is 265 g/mol. The number of nitrogens with one attached hydrogen (secondary N) is 1. The number of halogens is 2. The van der Waals surface area contributed by atoms with Crippen LogP contribution < -0.4 is 5.48 Å². The zero-order valence-corrected chi connectivity index (χ0v) is 9.02. The lowest BCUT2D eigenvalue weighted by atomic mass is 10.3. The zero-order chi connectivity index (χ0) is 9.84. The molecule has 1 aromatic rings. The topological polar surface area (TPSA) is 51.2 Å². The van der Waals surface area contributed by atoms with E-state index < -0.39 is 0 Å². The van der Waals surface area contributed by atoms with Gasteiger partial charge in [-0.1, -0.05) is 11.6 Å². The maximum atomic E-state index is 11.2. The quantitative estimate of drug-likeness (QED) is 0.655. The van der Waals surface area contributed by atoms with E-state index in [1.165, 1.54) is 13.3 Å². The normalized spacial score (nSPS) is 9.77. The maximum Gasteiger partial charge on any atom is 0.276 e. The van der Waals surface area contributed by atoms with Crippen LogP contribution in [0, 0.1) is 0 Å². The molecule has 70 valence electrons. The van der Waals surface area contributed by atoms with Gasteiger partial charge in [-0.15, -0.1) is 0 Å². The van der Waals surface area contributed by atoms with Crippen molar-refractivity contribution in [1.29, 1.82) is 0 Å². The van der Waals surface area contributed by atoms with Gasteiger partial charge in [0.25, 0.3) is 5.91 Å². The van der Waals surface area contributed by atoms with Gasteiger partial charge in [-0.25, -0.2) is 10.5 Å². The summed E-state index contributed by atoms with van der Waals surface area (Å²) >= 11 is 8.79. The van der Waals surface area contributed by atoms with Crippen molar-refractivity contribution in [2.24, 2.45) is 0 Å². The summed E-state index contributed by atoms with van der Waals surface area (Å²) < 4.78 is 0.568. The molecular weight excluding hydrogens is 259 g/mol. The van der Waals surface area contributed by atoms with Crippen LogP contribution in [0.5, 0.6) is 0 Å². The minimum atomic E-state index is -0.368. The predicted molar refractivity (Wildman–Crippen MR) is 51.4 cm³/mol. The molecule has 0 atom stereocenters. The molecule has 0 radical (unpaired) electrons. The Labute approximate surface area is 88.3 Å². The summed E-state index contributed by atoms with van der Waals surface area (Å²) in [5.41, 5.74) is 2.54. The van der Waals surface area contributed by atoms with Crippen LogP contribution in [0.4, 0.5) is 0 Å². The molecule has 0 aliphatic rings. The van der Waals surface area contributed by atoms with E-state index in [1.54, 1.807) is 6.07 Å². The standard InChI is InChI=1S/C7H6BrClN2O2/c1-13-11-7(12)4-2-5(8)6(9)10-3-4/h2-3H,1H3,(H,11,12). The molecule has 4 nitrogen and oxygen atoms in total. The van der Waals surface area contributed by atoms with Crippen molar-refractivity contribution in [1.82, 2.24) is 10.5 Å². The fraction of sp³-hybridized carbons (Fsp3) is 0.143. The Kier molecular flexibility index (Phi) is 3.65. The Balaban J connectivity index is 2.90. The van der Waals surface area contributed by atoms with Gasteiger partial charge in [0.2, 0.25) is 0 Å². The molecule has 1 aromatic heterocycles. The molecule has 0 saturated carbocycles. The fourth-order valence-electron chi connectivity index (χ4n) is 0.697. The average Bonchev–Trinajstić information content (AvgIpc) is 2.10. The third kappa shape index (κ3) is 2.65. The summed E-state index contributed by atoms with van der Waals surface area (Å²) in [6.45, 7) is 0. The molecule has 0 aliphatic heterocycles. The molecule has 1 N–H and O–H groups in total. The van der Waals surface area contributed by atoms with Gasteiger partial charge in [-0.3, -0.25) is 9.63 Å². The van der Waals surface area contributed by atoms with Crippen LogP contribution in [0.2, 0.25) is 5.15 Å². The molecule has 0 fully saturated rings. The summed E-state index contributed by atoms with van der Waals surface area (Å²) in [7, 11) is 1.36. The number of hydrogen-bond acceptors (Lipinski definition) is 3. The lowest BCUT2D eigenvalue weighted by molar-refractivity contribution is 0.0537. The second kappa shape index (κ2) is 4.55. The predicted octanol–water partition coefficient (Wildman–Crippen LogP) is 1.79. The maximum absolute atomic E-state index is 11.2. The smallest absolute Gasteiger partial charge is 0.276 e. The number of hydrogen-bond donors (Lipinski definition) is 1. The van der Waals surface area contributed by atoms with Crippen molar-refractivity contribution >= 4 is 33.4 Å². The van der Waals surface area contributed by atoms with Gasteiger partial charge >= 0.3 is 0 Å². The second-order valence-corrected chi connectivity index (χ2v) is 3.34. The van der Waals surface area contributed by atoms with Gasteiger partial charge in [0, 0.05) is 6.20 Å². The van der Waals surface area contributed by atoms with Gasteiger partial charge < -0.3 is 0 Å². The molecule has 1 amide bonds. The van der Waals surface area contributed by atoms with Crippen LogP contribution in [0.1, 0.15) is 10.4 Å². The molecule has 0 unspecified atom stereocenters. The molecule has 0 spiro atoms. The summed E-state index contributed by atoms with van der Waals surface area (Å²) in [5.74, 6) is -0.368. The Morgan fingerprint density at radius 3 is 3.00 bits per heavy atom. The monoisotopic (exact) mass is 264 g/mol. The van der Waals surface area contributed by atoms with Crippen molar-refractivity contribution in [2.75, 3.05) is 7.11 Å². The van der Waals surface area contributed by atoms with E-state index in [-0.39, 0.29) is 5.91 Å². The fourth-order valence-corrected chi connectivity index (χ4v) is 1.15. The van der Waals surface area contributed by atoms with Crippen LogP contribution in [0.3, 0.4) is 0 Å². The first-order valence-electron chi connectivity index (χ1n) is 3.29. The third-order valence-corrected chi connectivity index (χ3v) is 2.39. The molecule has 0 saturated heterocycles. The minimum Gasteiger partial charge on any atom is -0.277 e. The molecule has 1 rings (SSSR count). The van der Waals surface area contributed by atoms with E-state index in [0.717, 1.165) is 0 Å². The summed E-state index contributed by atoms with van der Waals surface area (Å²) in [6, 6.07) is 1.56. The van der Waals surface area contributed by atoms with Gasteiger partial charge in [0.05, 0.1) is 17.1 Å². The highest BCUT2D eigenvalue weighted by molar-refractivity contribution is 9.10. The largest absolute Gasteiger partial charge is 0.277 e. The van der Waals surface area contributed by atoms with E-state index >= 15 is 0 Å². The van der Waals surface area contributed by atoms with Gasteiger partial charge in [0.1, 0.15) is 5.15 Å². The molecule has 0 bridgehead atoms. The van der Waals surface area contributed by atoms with E-state index in [9.17, 15) is 4.79 Å². The second-order valence-electron chi connectivity index (χ2n) is 2.13. The van der Waals surface area contributed by atoms with Crippen molar-refractivity contribution in [3.05, 3.63) is 27.5 Å². The van der Waals surface area contributed by atoms with Gasteiger partial charge in [-0.05, 0) is 22.0 Å². The highest BCUT2D eigenvalue weighted by Gasteiger charge is 2.07. The number of amides is 1. The number of hydroxylamine groups is 1. The van der Waals surface area contributed by atoms with Crippen LogP contribution in [0.25, 0.3) is 0 Å². The van der Waals surface area contributed by atoms with E-state index in [4.69, 9.17) is 11.6 Å². The first-order valence-corrected chi connectivity index (χ1v) is 4.46. The van der Waals surface area contributed by atoms with Crippen molar-refractivity contribution in [3.63, 3.8) is 0 Å². The lowest BCUT2D eigenvalue weighted by Crippen LogP contribution is -2.21. The molecule has 1 heterocycles. The van der Waals surface area contributed by atoms with Crippen LogP contribution >= 0.6 is 27.5 Å². The highest BCUT2D eigenvalue weighted by Crippen LogP contribution is 2.20. The van der Waals surface area contributed by atoms with Crippen molar-refractivity contribution in [2.45, 2.75) is 0 Å². The lowest BCUT2D eigenvalue weighted by Gasteiger charge is -2.02. The third-order valence-electron chi connectivity index (χ3n) is 1.25. The van der Waals surface area contributed by atoms with Gasteiger partial charge in [-0.2, -0.15) is 0 Å². The van der Waals surface area contributed by atoms with Crippen LogP contribution in [-0.2, 0) is 4.84 Å². The molecule has 6 heteroatoms. The van der Waals surface area contributed by atoms with Crippen LogP contribution in [-0.4, -0.2) is 18.0 Å². The van der Waals surface area contributed by atoms with E-state index in [2.05, 4.69) is 31.2 Å². The van der Waals surface area contributed by atoms with Crippen molar-refractivity contribution in [3.8, 4) is 0 Å². The minimum absolute atomic E-state index is 0.314. The number of aromatic nitrogens is 1. The SMILES string of the molecule is CONC(=O)c1cnc(Cl)c(Br)c1. The summed E-state index contributed by atoms with van der Waals surface area (Å²) in [4.78, 5) is 19.4. The van der Waals surface area contributed by atoms with Gasteiger partial charge in [0.15, 0.2) is 0 Å².